The van der Waals surface area contributed by atoms with E-state index in [4.69, 9.17) is 9.26 Å². The summed E-state index contributed by atoms with van der Waals surface area (Å²) >= 11 is 0. The van der Waals surface area contributed by atoms with E-state index >= 15 is 0 Å². The lowest BCUT2D eigenvalue weighted by atomic mass is 10.1. The minimum atomic E-state index is -3.88. The van der Waals surface area contributed by atoms with Gasteiger partial charge in [0, 0.05) is 30.8 Å². The predicted octanol–water partition coefficient (Wildman–Crippen LogP) is 1.34. The van der Waals surface area contributed by atoms with Crippen molar-refractivity contribution in [1.82, 2.24) is 25.4 Å². The summed E-state index contributed by atoms with van der Waals surface area (Å²) in [6.07, 6.45) is 0.327. The van der Waals surface area contributed by atoms with Crippen molar-refractivity contribution in [3.05, 3.63) is 53.9 Å². The van der Waals surface area contributed by atoms with Crippen LogP contribution in [0.25, 0.3) is 11.3 Å². The standard InChI is InChI=1S/C19H21N5O6S/c1-2-29-19(26)15-12-17(23-22-15)31(27,28)21-10-6-9-20-18(25)14-11-16(30-24-14)13-7-4-3-5-8-13/h3-5,7-8,11-12,21H,2,6,9-10H2,1H3,(H,20,25)(H,22,23). The Balaban J connectivity index is 1.44. The number of esters is 1. The molecule has 0 atom stereocenters. The third-order valence-electron chi connectivity index (χ3n) is 4.06. The van der Waals surface area contributed by atoms with Gasteiger partial charge in [0.2, 0.25) is 0 Å². The first-order valence-electron chi connectivity index (χ1n) is 9.43. The van der Waals surface area contributed by atoms with Crippen LogP contribution in [-0.4, -0.2) is 55.3 Å². The molecule has 11 nitrogen and oxygen atoms in total. The van der Waals surface area contributed by atoms with Crippen molar-refractivity contribution in [3.63, 3.8) is 0 Å². The van der Waals surface area contributed by atoms with Crippen LogP contribution in [0.2, 0.25) is 0 Å². The van der Waals surface area contributed by atoms with Gasteiger partial charge in [0.1, 0.15) is 0 Å². The number of benzene rings is 1. The fourth-order valence-electron chi connectivity index (χ4n) is 2.54. The predicted molar refractivity (Wildman–Crippen MR) is 109 cm³/mol. The Labute approximate surface area is 178 Å². The molecule has 31 heavy (non-hydrogen) atoms. The van der Waals surface area contributed by atoms with Crippen LogP contribution in [0.5, 0.6) is 0 Å². The lowest BCUT2D eigenvalue weighted by Crippen LogP contribution is -2.30. The number of sulfonamides is 1. The number of amides is 1. The third kappa shape index (κ3) is 5.77. The molecule has 3 rings (SSSR count). The van der Waals surface area contributed by atoms with E-state index in [1.807, 2.05) is 30.3 Å². The molecule has 164 valence electrons. The molecule has 0 spiro atoms. The fourth-order valence-corrected chi connectivity index (χ4v) is 3.54. The second kappa shape index (κ2) is 10.00. The van der Waals surface area contributed by atoms with E-state index in [9.17, 15) is 18.0 Å². The molecular formula is C19H21N5O6S. The zero-order valence-corrected chi connectivity index (χ0v) is 17.4. The molecule has 0 saturated heterocycles. The number of carbonyl (C=O) groups excluding carboxylic acids is 2. The number of hydrogen-bond donors (Lipinski definition) is 3. The highest BCUT2D eigenvalue weighted by atomic mass is 32.2. The van der Waals surface area contributed by atoms with Gasteiger partial charge in [-0.15, -0.1) is 0 Å². The summed E-state index contributed by atoms with van der Waals surface area (Å²) in [4.78, 5) is 23.7. The molecule has 0 fully saturated rings. The van der Waals surface area contributed by atoms with E-state index in [1.165, 1.54) is 6.07 Å². The van der Waals surface area contributed by atoms with E-state index in [0.29, 0.717) is 12.2 Å². The minimum Gasteiger partial charge on any atom is -0.461 e. The molecule has 3 aromatic rings. The minimum absolute atomic E-state index is 0.0600. The second-order valence-electron chi connectivity index (χ2n) is 6.29. The fraction of sp³-hybridized carbons (Fsp3) is 0.263. The van der Waals surface area contributed by atoms with Crippen molar-refractivity contribution in [1.29, 1.82) is 0 Å². The lowest BCUT2D eigenvalue weighted by molar-refractivity contribution is 0.0519. The molecule has 12 heteroatoms. The molecule has 1 aromatic carbocycles. The summed E-state index contributed by atoms with van der Waals surface area (Å²) < 4.78 is 36.8. The quantitative estimate of drug-likeness (QED) is 0.310. The van der Waals surface area contributed by atoms with Gasteiger partial charge < -0.3 is 14.6 Å². The first-order chi connectivity index (χ1) is 14.9. The van der Waals surface area contributed by atoms with Crippen molar-refractivity contribution in [2.45, 2.75) is 18.4 Å². The topological polar surface area (TPSA) is 156 Å². The Morgan fingerprint density at radius 3 is 2.65 bits per heavy atom. The van der Waals surface area contributed by atoms with Crippen LogP contribution < -0.4 is 10.0 Å². The number of H-pyrrole nitrogens is 1. The van der Waals surface area contributed by atoms with Crippen LogP contribution in [0.1, 0.15) is 34.3 Å². The number of hydrogen-bond acceptors (Lipinski definition) is 8. The number of ether oxygens (including phenoxy) is 1. The summed E-state index contributed by atoms with van der Waals surface area (Å²) in [7, 11) is -3.88. The first-order valence-corrected chi connectivity index (χ1v) is 10.9. The van der Waals surface area contributed by atoms with E-state index in [0.717, 1.165) is 11.6 Å². The highest BCUT2D eigenvalue weighted by Crippen LogP contribution is 2.19. The molecule has 0 aliphatic carbocycles. The highest BCUT2D eigenvalue weighted by molar-refractivity contribution is 7.89. The normalized spacial score (nSPS) is 11.3. The van der Waals surface area contributed by atoms with Crippen LogP contribution in [-0.2, 0) is 14.8 Å². The second-order valence-corrected chi connectivity index (χ2v) is 8.02. The van der Waals surface area contributed by atoms with Gasteiger partial charge in [-0.3, -0.25) is 9.89 Å². The lowest BCUT2D eigenvalue weighted by Gasteiger charge is -2.05. The number of carbonyl (C=O) groups is 2. The third-order valence-corrected chi connectivity index (χ3v) is 5.43. The van der Waals surface area contributed by atoms with E-state index < -0.39 is 21.9 Å². The van der Waals surface area contributed by atoms with Gasteiger partial charge in [0.25, 0.3) is 15.9 Å². The summed E-state index contributed by atoms with van der Waals surface area (Å²) in [5, 5.41) is 12.1. The monoisotopic (exact) mass is 447 g/mol. The summed E-state index contributed by atoms with van der Waals surface area (Å²) in [6, 6.07) is 11.9. The average Bonchev–Trinajstić information content (AvgIpc) is 3.45. The largest absolute Gasteiger partial charge is 0.461 e. The van der Waals surface area contributed by atoms with Crippen molar-refractivity contribution in [2.24, 2.45) is 0 Å². The maximum Gasteiger partial charge on any atom is 0.358 e. The zero-order valence-electron chi connectivity index (χ0n) is 16.6. The van der Waals surface area contributed by atoms with E-state index in [2.05, 4.69) is 25.4 Å². The Bertz CT molecular complexity index is 1140. The number of nitrogens with zero attached hydrogens (tertiary/aromatic N) is 2. The van der Waals surface area contributed by atoms with Gasteiger partial charge in [-0.1, -0.05) is 35.5 Å². The smallest absolute Gasteiger partial charge is 0.358 e. The maximum absolute atomic E-state index is 12.2. The van der Waals surface area contributed by atoms with Crippen LogP contribution >= 0.6 is 0 Å². The molecule has 2 heterocycles. The van der Waals surface area contributed by atoms with E-state index in [1.54, 1.807) is 6.92 Å². The van der Waals surface area contributed by atoms with Gasteiger partial charge in [-0.25, -0.2) is 17.9 Å². The Morgan fingerprint density at radius 1 is 1.13 bits per heavy atom. The molecule has 0 radical (unpaired) electrons. The van der Waals surface area contributed by atoms with Gasteiger partial charge in [-0.05, 0) is 13.3 Å². The van der Waals surface area contributed by atoms with Crippen LogP contribution in [0.15, 0.2) is 52.0 Å². The van der Waals surface area contributed by atoms with E-state index in [-0.39, 0.29) is 36.1 Å². The number of aromatic amines is 1. The van der Waals surface area contributed by atoms with Gasteiger partial charge >= 0.3 is 5.97 Å². The molecule has 2 aromatic heterocycles. The summed E-state index contributed by atoms with van der Waals surface area (Å²) in [5.41, 5.74) is 0.800. The van der Waals surface area contributed by atoms with Crippen molar-refractivity contribution in [2.75, 3.05) is 19.7 Å². The van der Waals surface area contributed by atoms with Crippen LogP contribution in [0.3, 0.4) is 0 Å². The maximum atomic E-state index is 12.2. The zero-order chi connectivity index (χ0) is 22.3. The first kappa shape index (κ1) is 22.2. The van der Waals surface area contributed by atoms with Crippen molar-refractivity contribution >= 4 is 21.9 Å². The molecular weight excluding hydrogens is 426 g/mol. The van der Waals surface area contributed by atoms with Crippen LogP contribution in [0, 0.1) is 0 Å². The molecule has 0 saturated carbocycles. The Morgan fingerprint density at radius 2 is 1.90 bits per heavy atom. The molecule has 3 N–H and O–H groups in total. The SMILES string of the molecule is CCOC(=O)c1cc(S(=O)(=O)NCCCNC(=O)c2cc(-c3ccccc3)on2)[nH]n1. The van der Waals surface area contributed by atoms with Gasteiger partial charge in [-0.2, -0.15) is 5.10 Å². The van der Waals surface area contributed by atoms with Gasteiger partial charge in [0.05, 0.1) is 6.61 Å². The summed E-state index contributed by atoms with van der Waals surface area (Å²) in [6.45, 7) is 2.06. The molecule has 0 unspecified atom stereocenters. The number of rotatable bonds is 10. The number of nitrogens with one attached hydrogen (secondary N) is 3. The van der Waals surface area contributed by atoms with Crippen LogP contribution in [0.4, 0.5) is 0 Å². The summed E-state index contributed by atoms with van der Waals surface area (Å²) in [5.74, 6) is -0.673. The highest BCUT2D eigenvalue weighted by Gasteiger charge is 2.20. The van der Waals surface area contributed by atoms with Crippen molar-refractivity contribution < 1.29 is 27.3 Å². The molecule has 0 aliphatic heterocycles. The average molecular weight is 447 g/mol. The molecule has 0 aliphatic rings. The van der Waals surface area contributed by atoms with Crippen molar-refractivity contribution in [3.8, 4) is 11.3 Å². The number of aromatic nitrogens is 3. The Hall–Kier alpha value is -3.51. The van der Waals surface area contributed by atoms with Gasteiger partial charge in [0.15, 0.2) is 22.2 Å². The molecule has 1 amide bonds. The Kier molecular flexibility index (Phi) is 7.15. The molecule has 0 bridgehead atoms.